The summed E-state index contributed by atoms with van der Waals surface area (Å²) >= 11 is 5.76. The van der Waals surface area contributed by atoms with E-state index in [4.69, 9.17) is 11.6 Å². The predicted octanol–water partition coefficient (Wildman–Crippen LogP) is 3.11. The fourth-order valence-corrected chi connectivity index (χ4v) is 1.87. The summed E-state index contributed by atoms with van der Waals surface area (Å²) in [6.45, 7) is 2.33. The molecule has 0 unspecified atom stereocenters. The smallest absolute Gasteiger partial charge is 0.254 e. The van der Waals surface area contributed by atoms with Gasteiger partial charge in [0.1, 0.15) is 11.0 Å². The first-order valence-electron chi connectivity index (χ1n) is 5.71. The lowest BCUT2D eigenvalue weighted by molar-refractivity contribution is 0.0950. The van der Waals surface area contributed by atoms with Gasteiger partial charge in [0.05, 0.1) is 11.8 Å². The molecule has 1 amide bonds. The van der Waals surface area contributed by atoms with Crippen molar-refractivity contribution in [3.05, 3.63) is 64.2 Å². The standard InChI is InChI=1S/C14H12ClFN2O/c1-9-3-2-4-10(5-9)7-18-14(19)12-6-11(16)8-17-13(12)15/h2-6,8H,7H2,1H3,(H,18,19). The summed E-state index contributed by atoms with van der Waals surface area (Å²) in [5, 5.41) is 2.67. The molecule has 2 aromatic rings. The van der Waals surface area contributed by atoms with E-state index in [1.54, 1.807) is 0 Å². The minimum absolute atomic E-state index is 0.0110. The van der Waals surface area contributed by atoms with Crippen LogP contribution in [-0.2, 0) is 6.54 Å². The quantitative estimate of drug-likeness (QED) is 0.877. The zero-order chi connectivity index (χ0) is 13.8. The molecule has 19 heavy (non-hydrogen) atoms. The third-order valence-electron chi connectivity index (χ3n) is 2.59. The molecule has 0 spiro atoms. The van der Waals surface area contributed by atoms with Crippen LogP contribution in [0.25, 0.3) is 0 Å². The van der Waals surface area contributed by atoms with Crippen LogP contribution < -0.4 is 5.32 Å². The summed E-state index contributed by atoms with van der Waals surface area (Å²) in [7, 11) is 0. The minimum atomic E-state index is -0.592. The van der Waals surface area contributed by atoms with Crippen LogP contribution in [0.15, 0.2) is 36.5 Å². The minimum Gasteiger partial charge on any atom is -0.348 e. The van der Waals surface area contributed by atoms with Crippen molar-refractivity contribution in [1.29, 1.82) is 0 Å². The number of aromatic nitrogens is 1. The molecule has 3 nitrogen and oxygen atoms in total. The van der Waals surface area contributed by atoms with Gasteiger partial charge in [-0.1, -0.05) is 41.4 Å². The molecule has 0 radical (unpaired) electrons. The molecular weight excluding hydrogens is 267 g/mol. The van der Waals surface area contributed by atoms with Gasteiger partial charge in [0.15, 0.2) is 0 Å². The van der Waals surface area contributed by atoms with Gasteiger partial charge in [-0.15, -0.1) is 0 Å². The topological polar surface area (TPSA) is 42.0 Å². The van der Waals surface area contributed by atoms with Crippen molar-refractivity contribution in [3.63, 3.8) is 0 Å². The maximum atomic E-state index is 13.0. The summed E-state index contributed by atoms with van der Waals surface area (Å²) in [6, 6.07) is 8.82. The molecule has 0 saturated heterocycles. The summed E-state index contributed by atoms with van der Waals surface area (Å²) in [5.74, 6) is -1.04. The van der Waals surface area contributed by atoms with Gasteiger partial charge in [-0.2, -0.15) is 0 Å². The number of halogens is 2. The highest BCUT2D eigenvalue weighted by Gasteiger charge is 2.12. The maximum Gasteiger partial charge on any atom is 0.254 e. The van der Waals surface area contributed by atoms with Gasteiger partial charge in [-0.3, -0.25) is 4.79 Å². The number of aryl methyl sites for hydroxylation is 1. The van der Waals surface area contributed by atoms with Crippen LogP contribution in [0.1, 0.15) is 21.5 Å². The zero-order valence-electron chi connectivity index (χ0n) is 10.3. The van der Waals surface area contributed by atoms with E-state index < -0.39 is 11.7 Å². The summed E-state index contributed by atoms with van der Waals surface area (Å²) in [5.41, 5.74) is 2.11. The van der Waals surface area contributed by atoms with E-state index in [1.165, 1.54) is 0 Å². The van der Waals surface area contributed by atoms with E-state index in [-0.39, 0.29) is 10.7 Å². The number of hydrogen-bond acceptors (Lipinski definition) is 2. The fourth-order valence-electron chi connectivity index (χ4n) is 1.68. The van der Waals surface area contributed by atoms with Crippen molar-refractivity contribution >= 4 is 17.5 Å². The van der Waals surface area contributed by atoms with Crippen molar-refractivity contribution in [2.24, 2.45) is 0 Å². The number of nitrogens with zero attached hydrogens (tertiary/aromatic N) is 1. The molecule has 0 saturated carbocycles. The van der Waals surface area contributed by atoms with Crippen LogP contribution in [0.5, 0.6) is 0 Å². The third kappa shape index (κ3) is 3.51. The van der Waals surface area contributed by atoms with Gasteiger partial charge in [-0.25, -0.2) is 9.37 Å². The number of hydrogen-bond donors (Lipinski definition) is 1. The zero-order valence-corrected chi connectivity index (χ0v) is 11.0. The van der Waals surface area contributed by atoms with E-state index in [9.17, 15) is 9.18 Å². The van der Waals surface area contributed by atoms with Crippen LogP contribution in [0.2, 0.25) is 5.15 Å². The van der Waals surface area contributed by atoms with Crippen LogP contribution in [0, 0.1) is 12.7 Å². The number of carbonyl (C=O) groups is 1. The second kappa shape index (κ2) is 5.80. The first-order chi connectivity index (χ1) is 9.06. The average molecular weight is 279 g/mol. The molecule has 5 heteroatoms. The SMILES string of the molecule is Cc1cccc(CNC(=O)c2cc(F)cnc2Cl)c1. The monoisotopic (exact) mass is 278 g/mol. The molecule has 2 rings (SSSR count). The lowest BCUT2D eigenvalue weighted by atomic mass is 10.1. The van der Waals surface area contributed by atoms with Crippen LogP contribution in [0.4, 0.5) is 4.39 Å². The van der Waals surface area contributed by atoms with Gasteiger partial charge in [0.2, 0.25) is 0 Å². The first kappa shape index (κ1) is 13.5. The van der Waals surface area contributed by atoms with E-state index in [1.807, 2.05) is 31.2 Å². The Bertz CT molecular complexity index is 616. The third-order valence-corrected chi connectivity index (χ3v) is 2.89. The second-order valence-electron chi connectivity index (χ2n) is 4.16. The Kier molecular flexibility index (Phi) is 4.12. The van der Waals surface area contributed by atoms with Crippen molar-refractivity contribution in [3.8, 4) is 0 Å². The van der Waals surface area contributed by atoms with Gasteiger partial charge in [0.25, 0.3) is 5.91 Å². The Balaban J connectivity index is 2.07. The van der Waals surface area contributed by atoms with Crippen molar-refractivity contribution in [2.45, 2.75) is 13.5 Å². The molecule has 1 N–H and O–H groups in total. The summed E-state index contributed by atoms with van der Waals surface area (Å²) in [6.07, 6.45) is 0.972. The van der Waals surface area contributed by atoms with E-state index in [2.05, 4.69) is 10.3 Å². The second-order valence-corrected chi connectivity index (χ2v) is 4.52. The Hall–Kier alpha value is -1.94. The highest BCUT2D eigenvalue weighted by molar-refractivity contribution is 6.32. The highest BCUT2D eigenvalue weighted by atomic mass is 35.5. The van der Waals surface area contributed by atoms with Crippen LogP contribution in [0.3, 0.4) is 0 Å². The maximum absolute atomic E-state index is 13.0. The summed E-state index contributed by atoms with van der Waals surface area (Å²) < 4.78 is 13.0. The molecule has 0 bridgehead atoms. The Morgan fingerprint density at radius 2 is 2.21 bits per heavy atom. The molecular formula is C14H12ClFN2O. The van der Waals surface area contributed by atoms with Crippen LogP contribution >= 0.6 is 11.6 Å². The van der Waals surface area contributed by atoms with Crippen molar-refractivity contribution in [1.82, 2.24) is 10.3 Å². The first-order valence-corrected chi connectivity index (χ1v) is 6.09. The molecule has 0 aliphatic heterocycles. The molecule has 0 atom stereocenters. The van der Waals surface area contributed by atoms with Crippen LogP contribution in [-0.4, -0.2) is 10.9 Å². The lowest BCUT2D eigenvalue weighted by Gasteiger charge is -2.07. The van der Waals surface area contributed by atoms with E-state index in [0.717, 1.165) is 23.4 Å². The molecule has 0 fully saturated rings. The van der Waals surface area contributed by atoms with Crippen molar-refractivity contribution in [2.75, 3.05) is 0 Å². The molecule has 1 aromatic carbocycles. The van der Waals surface area contributed by atoms with Gasteiger partial charge < -0.3 is 5.32 Å². The number of nitrogens with one attached hydrogen (secondary N) is 1. The summed E-state index contributed by atoms with van der Waals surface area (Å²) in [4.78, 5) is 15.5. The van der Waals surface area contributed by atoms with Crippen molar-refractivity contribution < 1.29 is 9.18 Å². The Labute approximate surface area is 115 Å². The molecule has 1 aromatic heterocycles. The Morgan fingerprint density at radius 3 is 2.95 bits per heavy atom. The number of carbonyl (C=O) groups excluding carboxylic acids is 1. The van der Waals surface area contributed by atoms with Gasteiger partial charge in [0, 0.05) is 6.54 Å². The number of benzene rings is 1. The molecule has 0 aliphatic rings. The van der Waals surface area contributed by atoms with Gasteiger partial charge in [-0.05, 0) is 18.6 Å². The highest BCUT2D eigenvalue weighted by Crippen LogP contribution is 2.13. The van der Waals surface area contributed by atoms with Gasteiger partial charge >= 0.3 is 0 Å². The molecule has 0 aliphatic carbocycles. The number of pyridine rings is 1. The molecule has 1 heterocycles. The largest absolute Gasteiger partial charge is 0.348 e. The molecule has 98 valence electrons. The number of amides is 1. The van der Waals surface area contributed by atoms with E-state index in [0.29, 0.717) is 6.54 Å². The normalized spacial score (nSPS) is 10.3. The fraction of sp³-hybridized carbons (Fsp3) is 0.143. The Morgan fingerprint density at radius 1 is 1.42 bits per heavy atom. The lowest BCUT2D eigenvalue weighted by Crippen LogP contribution is -2.23. The van der Waals surface area contributed by atoms with E-state index >= 15 is 0 Å². The predicted molar refractivity (Wildman–Crippen MR) is 71.6 cm³/mol. The average Bonchev–Trinajstić information content (AvgIpc) is 2.39. The number of rotatable bonds is 3.